The van der Waals surface area contributed by atoms with E-state index in [4.69, 9.17) is 4.74 Å². The fourth-order valence-electron chi connectivity index (χ4n) is 3.48. The number of benzene rings is 1. The van der Waals surface area contributed by atoms with Gasteiger partial charge in [-0.2, -0.15) is 0 Å². The topological polar surface area (TPSA) is 134 Å². The first-order chi connectivity index (χ1) is 17.0. The molecule has 10 nitrogen and oxygen atoms in total. The van der Waals surface area contributed by atoms with Crippen molar-refractivity contribution in [2.24, 2.45) is 0 Å². The number of hydrogen-bond acceptors (Lipinski definition) is 7. The average Bonchev–Trinajstić information content (AvgIpc) is 2.82. The molecule has 3 N–H and O–H groups in total. The number of carbonyl (C=O) groups is 4. The first-order valence-corrected chi connectivity index (χ1v) is 12.4. The predicted octanol–water partition coefficient (Wildman–Crippen LogP) is 3.44. The van der Waals surface area contributed by atoms with Gasteiger partial charge in [0.15, 0.2) is 0 Å². The molecule has 0 aliphatic heterocycles. The first kappa shape index (κ1) is 30.7. The number of ether oxygens (including phenoxy) is 2. The van der Waals surface area contributed by atoms with Crippen molar-refractivity contribution in [3.8, 4) is 5.75 Å². The van der Waals surface area contributed by atoms with Crippen LogP contribution in [0.3, 0.4) is 0 Å². The van der Waals surface area contributed by atoms with Gasteiger partial charge in [0.2, 0.25) is 11.8 Å². The van der Waals surface area contributed by atoms with E-state index in [-0.39, 0.29) is 25.4 Å². The van der Waals surface area contributed by atoms with Gasteiger partial charge in [0.05, 0.1) is 7.11 Å². The third-order valence-corrected chi connectivity index (χ3v) is 5.26. The number of carbonyl (C=O) groups excluding carboxylic acids is 4. The third-order valence-electron chi connectivity index (χ3n) is 5.26. The molecule has 1 aromatic carbocycles. The zero-order chi connectivity index (χ0) is 27.1. The Labute approximate surface area is 213 Å². The average molecular weight is 508 g/mol. The number of aromatic hydroxyl groups is 1. The van der Waals surface area contributed by atoms with Crippen molar-refractivity contribution in [3.05, 3.63) is 29.8 Å². The minimum Gasteiger partial charge on any atom is -0.508 e. The predicted molar refractivity (Wildman–Crippen MR) is 135 cm³/mol. The molecule has 0 fully saturated rings. The van der Waals surface area contributed by atoms with Crippen molar-refractivity contribution >= 4 is 23.9 Å². The summed E-state index contributed by atoms with van der Waals surface area (Å²) < 4.78 is 9.81. The van der Waals surface area contributed by atoms with Crippen LogP contribution in [-0.2, 0) is 23.9 Å². The summed E-state index contributed by atoms with van der Waals surface area (Å²) >= 11 is 0. The summed E-state index contributed by atoms with van der Waals surface area (Å²) in [6, 6.07) is 4.84. The van der Waals surface area contributed by atoms with Crippen LogP contribution >= 0.6 is 0 Å². The Morgan fingerprint density at radius 1 is 0.944 bits per heavy atom. The van der Waals surface area contributed by atoms with Crippen molar-refractivity contribution < 1.29 is 33.8 Å². The van der Waals surface area contributed by atoms with Gasteiger partial charge in [-0.05, 0) is 44.9 Å². The van der Waals surface area contributed by atoms with Crippen LogP contribution in [0.1, 0.15) is 77.8 Å². The Balaban J connectivity index is 3.13. The summed E-state index contributed by atoms with van der Waals surface area (Å²) in [5, 5.41) is 14.7. The van der Waals surface area contributed by atoms with E-state index in [9.17, 15) is 24.3 Å². The molecule has 0 spiro atoms. The van der Waals surface area contributed by atoms with Crippen LogP contribution in [0.2, 0.25) is 0 Å². The number of nitrogens with zero attached hydrogens (tertiary/aromatic N) is 1. The Morgan fingerprint density at radius 2 is 1.56 bits per heavy atom. The van der Waals surface area contributed by atoms with E-state index in [1.807, 2.05) is 0 Å². The van der Waals surface area contributed by atoms with Gasteiger partial charge < -0.3 is 30.1 Å². The molecule has 0 aromatic heterocycles. The molecule has 202 valence electrons. The maximum Gasteiger partial charge on any atom is 0.408 e. The van der Waals surface area contributed by atoms with Crippen LogP contribution in [0, 0.1) is 0 Å². The summed E-state index contributed by atoms with van der Waals surface area (Å²) in [6.07, 6.45) is 5.12. The number of phenolic OH excluding ortho intramolecular Hbond substituents is 1. The van der Waals surface area contributed by atoms with Crippen LogP contribution in [-0.4, -0.2) is 66.2 Å². The Morgan fingerprint density at radius 3 is 2.14 bits per heavy atom. The molecule has 1 atom stereocenters. The van der Waals surface area contributed by atoms with Crippen LogP contribution < -0.4 is 10.6 Å². The lowest BCUT2D eigenvalue weighted by Crippen LogP contribution is -2.48. The lowest BCUT2D eigenvalue weighted by molar-refractivity contribution is -0.143. The number of nitrogens with one attached hydrogen (secondary N) is 2. The summed E-state index contributed by atoms with van der Waals surface area (Å²) in [4.78, 5) is 51.6. The number of esters is 1. The summed E-state index contributed by atoms with van der Waals surface area (Å²) in [7, 11) is 1.21. The second-order valence-corrected chi connectivity index (χ2v) is 9.50. The molecule has 0 saturated carbocycles. The number of phenols is 1. The normalized spacial score (nSPS) is 11.8. The highest BCUT2D eigenvalue weighted by atomic mass is 16.6. The van der Waals surface area contributed by atoms with E-state index in [1.54, 1.807) is 32.9 Å². The molecule has 1 unspecified atom stereocenters. The van der Waals surface area contributed by atoms with E-state index < -0.39 is 35.5 Å². The van der Waals surface area contributed by atoms with Gasteiger partial charge in [0.25, 0.3) is 0 Å². The van der Waals surface area contributed by atoms with Crippen molar-refractivity contribution in [2.45, 2.75) is 77.9 Å². The van der Waals surface area contributed by atoms with E-state index in [1.165, 1.54) is 24.1 Å². The maximum atomic E-state index is 13.3. The second-order valence-electron chi connectivity index (χ2n) is 9.50. The Kier molecular flexibility index (Phi) is 13.4. The van der Waals surface area contributed by atoms with Crippen LogP contribution in [0.15, 0.2) is 24.3 Å². The summed E-state index contributed by atoms with van der Waals surface area (Å²) in [5.41, 5.74) is -0.278. The van der Waals surface area contributed by atoms with Gasteiger partial charge in [0, 0.05) is 6.54 Å². The Bertz CT molecular complexity index is 850. The van der Waals surface area contributed by atoms with Crippen LogP contribution in [0.5, 0.6) is 5.75 Å². The van der Waals surface area contributed by atoms with Gasteiger partial charge in [0.1, 0.15) is 30.5 Å². The molecule has 0 aliphatic carbocycles. The van der Waals surface area contributed by atoms with E-state index in [2.05, 4.69) is 22.3 Å². The Hall–Kier alpha value is -3.30. The molecule has 36 heavy (non-hydrogen) atoms. The minimum absolute atomic E-state index is 0.00728. The van der Waals surface area contributed by atoms with Gasteiger partial charge >= 0.3 is 12.1 Å². The van der Waals surface area contributed by atoms with Crippen molar-refractivity contribution in [1.29, 1.82) is 0 Å². The third kappa shape index (κ3) is 11.9. The van der Waals surface area contributed by atoms with Gasteiger partial charge in [-0.1, -0.05) is 51.2 Å². The molecular formula is C26H41N3O7. The van der Waals surface area contributed by atoms with Crippen molar-refractivity contribution in [1.82, 2.24) is 15.5 Å². The van der Waals surface area contributed by atoms with Crippen LogP contribution in [0.25, 0.3) is 0 Å². The molecule has 1 aromatic rings. The zero-order valence-electron chi connectivity index (χ0n) is 22.1. The number of amides is 3. The molecular weight excluding hydrogens is 466 g/mol. The quantitative estimate of drug-likeness (QED) is 0.259. The number of hydrogen-bond donors (Lipinski definition) is 3. The molecule has 1 rings (SSSR count). The fraction of sp³-hybridized carbons (Fsp3) is 0.615. The number of rotatable bonds is 14. The van der Waals surface area contributed by atoms with E-state index >= 15 is 0 Å². The maximum absolute atomic E-state index is 13.3. The standard InChI is InChI=1S/C26H41N3O7/c1-6-7-8-9-10-11-16-29(21(31)17-28-25(34)36-26(2,3)4)23(19-12-14-20(30)15-13-19)24(33)27-18-22(32)35-5/h12-15,23,30H,6-11,16-18H2,1-5H3,(H,27,33)(H,28,34). The molecule has 0 bridgehead atoms. The lowest BCUT2D eigenvalue weighted by atomic mass is 10.0. The molecule has 3 amide bonds. The highest BCUT2D eigenvalue weighted by Gasteiger charge is 2.32. The lowest BCUT2D eigenvalue weighted by Gasteiger charge is -2.31. The number of unbranched alkanes of at least 4 members (excludes halogenated alkanes) is 5. The fourth-order valence-corrected chi connectivity index (χ4v) is 3.48. The minimum atomic E-state index is -1.08. The monoisotopic (exact) mass is 507 g/mol. The largest absolute Gasteiger partial charge is 0.508 e. The summed E-state index contributed by atoms with van der Waals surface area (Å²) in [5.74, 6) is -1.69. The molecule has 0 saturated heterocycles. The van der Waals surface area contributed by atoms with Crippen molar-refractivity contribution in [3.63, 3.8) is 0 Å². The molecule has 0 radical (unpaired) electrons. The smallest absolute Gasteiger partial charge is 0.408 e. The molecule has 10 heteroatoms. The first-order valence-electron chi connectivity index (χ1n) is 12.4. The number of methoxy groups -OCH3 is 1. The van der Waals surface area contributed by atoms with Gasteiger partial charge in [-0.3, -0.25) is 14.4 Å². The second kappa shape index (κ2) is 15.6. The highest BCUT2D eigenvalue weighted by Crippen LogP contribution is 2.24. The van der Waals surface area contributed by atoms with Crippen LogP contribution in [0.4, 0.5) is 4.79 Å². The highest BCUT2D eigenvalue weighted by molar-refractivity contribution is 5.91. The molecule has 0 heterocycles. The van der Waals surface area contributed by atoms with E-state index in [0.29, 0.717) is 12.0 Å². The van der Waals surface area contributed by atoms with Gasteiger partial charge in [-0.15, -0.1) is 0 Å². The number of alkyl carbamates (subject to hydrolysis) is 1. The zero-order valence-corrected chi connectivity index (χ0v) is 22.1. The van der Waals surface area contributed by atoms with Crippen molar-refractivity contribution in [2.75, 3.05) is 26.7 Å². The summed E-state index contributed by atoms with van der Waals surface area (Å²) in [6.45, 7) is 6.80. The molecule has 0 aliphatic rings. The SMILES string of the molecule is CCCCCCCCN(C(=O)CNC(=O)OC(C)(C)C)C(C(=O)NCC(=O)OC)c1ccc(O)cc1. The van der Waals surface area contributed by atoms with E-state index in [0.717, 1.165) is 32.1 Å². The van der Waals surface area contributed by atoms with Gasteiger partial charge in [-0.25, -0.2) is 4.79 Å².